The number of alkyl halides is 3. The quantitative estimate of drug-likeness (QED) is 0.121. The number of hydrogen-bond donors (Lipinski definition) is 2. The number of carbonyl (C=O) groups is 2. The first-order valence-electron chi connectivity index (χ1n) is 14.2. The lowest BCUT2D eigenvalue weighted by Gasteiger charge is -2.23. The molecule has 5 aromatic rings. The second-order valence-electron chi connectivity index (χ2n) is 10.6. The lowest BCUT2D eigenvalue weighted by Crippen LogP contribution is -2.43. The summed E-state index contributed by atoms with van der Waals surface area (Å²) in [6.07, 6.45) is -3.45. The van der Waals surface area contributed by atoms with Crippen LogP contribution in [0.4, 0.5) is 27.6 Å². The molecular weight excluding hydrogens is 655 g/mol. The van der Waals surface area contributed by atoms with Gasteiger partial charge in [-0.15, -0.1) is 0 Å². The normalized spacial score (nSPS) is 12.5. The van der Waals surface area contributed by atoms with Crippen LogP contribution in [0, 0.1) is 23.0 Å². The van der Waals surface area contributed by atoms with Crippen molar-refractivity contribution in [2.24, 2.45) is 0 Å². The van der Waals surface area contributed by atoms with Gasteiger partial charge in [0.15, 0.2) is 0 Å². The smallest absolute Gasteiger partial charge is 0.412 e. The number of rotatable bonds is 9. The highest BCUT2D eigenvalue weighted by molar-refractivity contribution is 6.33. The van der Waals surface area contributed by atoms with E-state index >= 15 is 8.78 Å². The Morgan fingerprint density at radius 2 is 1.65 bits per heavy atom. The number of nitrogens with zero attached hydrogens (tertiary/aromatic N) is 2. The third-order valence-corrected chi connectivity index (χ3v) is 7.82. The van der Waals surface area contributed by atoms with Gasteiger partial charge in [0.2, 0.25) is 0 Å². The van der Waals surface area contributed by atoms with E-state index in [1.807, 2.05) is 6.07 Å². The minimum Gasteiger partial charge on any atom is -0.467 e. The number of hydrogen-bond acceptors (Lipinski definition) is 6. The van der Waals surface area contributed by atoms with E-state index in [1.54, 1.807) is 42.6 Å². The van der Waals surface area contributed by atoms with Crippen molar-refractivity contribution >= 4 is 40.1 Å². The minimum absolute atomic E-state index is 0.185. The van der Waals surface area contributed by atoms with Crippen LogP contribution in [-0.4, -0.2) is 36.2 Å². The van der Waals surface area contributed by atoms with Gasteiger partial charge in [0, 0.05) is 39.8 Å². The molecule has 48 heavy (non-hydrogen) atoms. The first kappa shape index (κ1) is 33.8. The van der Waals surface area contributed by atoms with E-state index in [9.17, 15) is 28.0 Å². The molecule has 1 aromatic heterocycles. The second kappa shape index (κ2) is 14.1. The van der Waals surface area contributed by atoms with E-state index in [0.717, 1.165) is 7.11 Å². The molecule has 1 amide bonds. The molecule has 0 spiro atoms. The van der Waals surface area contributed by atoms with Crippen molar-refractivity contribution in [2.45, 2.75) is 24.7 Å². The van der Waals surface area contributed by atoms with Crippen LogP contribution in [0.2, 0.25) is 5.02 Å². The van der Waals surface area contributed by atoms with Gasteiger partial charge in [-0.1, -0.05) is 66.2 Å². The highest BCUT2D eigenvalue weighted by Gasteiger charge is 2.41. The molecule has 2 N–H and O–H groups in total. The highest BCUT2D eigenvalue weighted by atomic mass is 35.5. The zero-order valence-electron chi connectivity index (χ0n) is 24.9. The molecule has 0 unspecified atom stereocenters. The van der Waals surface area contributed by atoms with Gasteiger partial charge in [-0.3, -0.25) is 9.78 Å². The summed E-state index contributed by atoms with van der Waals surface area (Å²) in [6.45, 7) is 0. The molecule has 2 atom stereocenters. The molecule has 0 radical (unpaired) electrons. The van der Waals surface area contributed by atoms with Crippen molar-refractivity contribution in [3.63, 3.8) is 0 Å². The van der Waals surface area contributed by atoms with Gasteiger partial charge in [-0.2, -0.15) is 18.4 Å². The first-order valence-corrected chi connectivity index (χ1v) is 14.6. The van der Waals surface area contributed by atoms with E-state index in [0.29, 0.717) is 50.3 Å². The van der Waals surface area contributed by atoms with Crippen LogP contribution in [0.5, 0.6) is 0 Å². The van der Waals surface area contributed by atoms with Gasteiger partial charge < -0.3 is 15.4 Å². The Hall–Kier alpha value is -5.54. The fraction of sp³-hybridized carbons (Fsp3) is 0.143. The number of nitrogens with one attached hydrogen (secondary N) is 2. The van der Waals surface area contributed by atoms with Crippen LogP contribution in [0.15, 0.2) is 91.1 Å². The molecule has 0 fully saturated rings. The van der Waals surface area contributed by atoms with Crippen LogP contribution in [0.25, 0.3) is 22.0 Å². The third kappa shape index (κ3) is 7.21. The lowest BCUT2D eigenvalue weighted by atomic mass is 9.94. The van der Waals surface area contributed by atoms with Gasteiger partial charge in [0.25, 0.3) is 5.91 Å². The summed E-state index contributed by atoms with van der Waals surface area (Å²) in [5.74, 6) is -5.16. The third-order valence-electron chi connectivity index (χ3n) is 7.50. The number of pyridine rings is 1. The van der Waals surface area contributed by atoms with Crippen molar-refractivity contribution in [2.75, 3.05) is 12.4 Å². The van der Waals surface area contributed by atoms with Crippen molar-refractivity contribution < 1.29 is 36.3 Å². The van der Waals surface area contributed by atoms with Crippen molar-refractivity contribution in [1.29, 1.82) is 5.26 Å². The molecular formula is C35H24ClF5N4O3. The van der Waals surface area contributed by atoms with Crippen LogP contribution in [-0.2, 0) is 16.0 Å². The Bertz CT molecular complexity index is 2030. The average molecular weight is 679 g/mol. The fourth-order valence-corrected chi connectivity index (χ4v) is 5.54. The van der Waals surface area contributed by atoms with Crippen LogP contribution < -0.4 is 10.6 Å². The molecule has 5 rings (SSSR count). The standard InChI is InChI=1S/C35H24ClF5N4O3/c1-48-34(47)29(15-21-10-12-25(31-23(21)8-5-13-43-31)24-11-9-19(18-42)14-26(24)36)45-33(46)30-27(37)16-22(17-28(30)38)44-32(35(39,40)41)20-6-3-2-4-7-20/h2-14,16-17,29,32,44H,15H2,1H3,(H,45,46)/t29-,32+/m0/s1. The molecule has 7 nitrogen and oxygen atoms in total. The van der Waals surface area contributed by atoms with E-state index in [-0.39, 0.29) is 12.0 Å². The monoisotopic (exact) mass is 678 g/mol. The average Bonchev–Trinajstić information content (AvgIpc) is 3.06. The predicted molar refractivity (Wildman–Crippen MR) is 169 cm³/mol. The topological polar surface area (TPSA) is 104 Å². The number of benzene rings is 4. The number of fused-ring (bicyclic) bond motifs is 1. The number of esters is 1. The van der Waals surface area contributed by atoms with Crippen LogP contribution in [0.1, 0.15) is 33.1 Å². The van der Waals surface area contributed by atoms with Crippen molar-refractivity contribution in [3.05, 3.63) is 130 Å². The molecule has 0 aliphatic rings. The summed E-state index contributed by atoms with van der Waals surface area (Å²) in [5, 5.41) is 14.4. The van der Waals surface area contributed by atoms with Crippen molar-refractivity contribution in [3.8, 4) is 17.2 Å². The number of halogens is 6. The second-order valence-corrected chi connectivity index (χ2v) is 11.0. The molecule has 13 heteroatoms. The molecule has 244 valence electrons. The fourth-order valence-electron chi connectivity index (χ4n) is 5.26. The van der Waals surface area contributed by atoms with Gasteiger partial charge in [-0.25, -0.2) is 13.6 Å². The highest BCUT2D eigenvalue weighted by Crippen LogP contribution is 2.37. The SMILES string of the molecule is COC(=O)[C@H](Cc1ccc(-c2ccc(C#N)cc2Cl)c2ncccc12)NC(=O)c1c(F)cc(N[C@H](c2ccccc2)C(F)(F)F)cc1F. The maximum absolute atomic E-state index is 15.2. The van der Waals surface area contributed by atoms with Crippen LogP contribution >= 0.6 is 11.6 Å². The Kier molecular flexibility index (Phi) is 9.91. The molecule has 0 aliphatic heterocycles. The van der Waals surface area contributed by atoms with E-state index < -0.39 is 53.0 Å². The van der Waals surface area contributed by atoms with E-state index in [1.165, 1.54) is 36.4 Å². The summed E-state index contributed by atoms with van der Waals surface area (Å²) >= 11 is 6.45. The number of ether oxygens (including phenoxy) is 1. The molecule has 4 aromatic carbocycles. The van der Waals surface area contributed by atoms with Gasteiger partial charge in [0.1, 0.15) is 29.3 Å². The van der Waals surface area contributed by atoms with E-state index in [4.69, 9.17) is 16.3 Å². The first-order chi connectivity index (χ1) is 22.9. The minimum atomic E-state index is -4.82. The summed E-state index contributed by atoms with van der Waals surface area (Å²) in [6, 6.07) is 17.7. The summed E-state index contributed by atoms with van der Waals surface area (Å²) in [5.41, 5.74) is 0.744. The Morgan fingerprint density at radius 1 is 0.958 bits per heavy atom. The Morgan fingerprint density at radius 3 is 2.27 bits per heavy atom. The molecule has 0 saturated heterocycles. The van der Waals surface area contributed by atoms with Gasteiger partial charge in [0.05, 0.1) is 24.3 Å². The number of anilines is 1. The largest absolute Gasteiger partial charge is 0.467 e. The molecule has 1 heterocycles. The number of carbonyl (C=O) groups excluding carboxylic acids is 2. The molecule has 0 saturated carbocycles. The summed E-state index contributed by atoms with van der Waals surface area (Å²) in [4.78, 5) is 30.4. The Labute approximate surface area is 275 Å². The number of nitriles is 1. The van der Waals surface area contributed by atoms with Gasteiger partial charge in [-0.05, 0) is 41.5 Å². The number of amides is 1. The maximum Gasteiger partial charge on any atom is 0.412 e. The summed E-state index contributed by atoms with van der Waals surface area (Å²) < 4.78 is 76.6. The zero-order valence-corrected chi connectivity index (χ0v) is 25.7. The summed E-state index contributed by atoms with van der Waals surface area (Å²) in [7, 11) is 1.07. The number of aromatic nitrogens is 1. The van der Waals surface area contributed by atoms with Crippen LogP contribution in [0.3, 0.4) is 0 Å². The van der Waals surface area contributed by atoms with Gasteiger partial charge >= 0.3 is 12.1 Å². The van der Waals surface area contributed by atoms with E-state index in [2.05, 4.69) is 15.6 Å². The molecule has 0 aliphatic carbocycles. The predicted octanol–water partition coefficient (Wildman–Crippen LogP) is 7.93. The lowest BCUT2D eigenvalue weighted by molar-refractivity contribution is -0.144. The van der Waals surface area contributed by atoms with Crippen molar-refractivity contribution in [1.82, 2.24) is 10.3 Å². The number of methoxy groups -OCH3 is 1. The maximum atomic E-state index is 15.2. The Balaban J connectivity index is 1.43. The molecule has 0 bridgehead atoms. The zero-order chi connectivity index (χ0) is 34.6.